The van der Waals surface area contributed by atoms with Crippen LogP contribution in [0.15, 0.2) is 66.9 Å². The number of aromatic nitrogens is 2. The van der Waals surface area contributed by atoms with Crippen LogP contribution in [0.1, 0.15) is 16.7 Å². The van der Waals surface area contributed by atoms with Gasteiger partial charge in [-0.25, -0.2) is 4.39 Å². The first-order chi connectivity index (χ1) is 14.1. The molecule has 1 amide bonds. The van der Waals surface area contributed by atoms with E-state index in [2.05, 4.69) is 21.4 Å². The second-order valence-electron chi connectivity index (χ2n) is 6.95. The minimum Gasteiger partial charge on any atom is -0.487 e. The Labute approximate surface area is 168 Å². The molecular weight excluding hydrogens is 369 g/mol. The SMILES string of the molecule is Cc1cc2c(c(-c3cnccn3)c1)O[C@@H](CNC(=O)/C(F)=C/c1ccccc1)C2. The van der Waals surface area contributed by atoms with Crippen molar-refractivity contribution in [2.24, 2.45) is 0 Å². The Kier molecular flexibility index (Phi) is 5.33. The van der Waals surface area contributed by atoms with Crippen molar-refractivity contribution >= 4 is 12.0 Å². The highest BCUT2D eigenvalue weighted by Gasteiger charge is 2.27. The van der Waals surface area contributed by atoms with Gasteiger partial charge in [-0.1, -0.05) is 36.4 Å². The standard InChI is InChI=1S/C23H20FN3O2/c1-15-9-17-12-18(29-22(17)19(10-15)21-14-25-7-8-26-21)13-27-23(28)20(24)11-16-5-3-2-4-6-16/h2-11,14,18H,12-13H2,1H3,(H,27,28)/b20-11-/t18-/m1/s1. The summed E-state index contributed by atoms with van der Waals surface area (Å²) in [7, 11) is 0. The van der Waals surface area contributed by atoms with Gasteiger partial charge in [0.25, 0.3) is 5.91 Å². The summed E-state index contributed by atoms with van der Waals surface area (Å²) in [4.78, 5) is 20.6. The second kappa shape index (κ2) is 8.22. The number of aryl methyl sites for hydroxylation is 1. The lowest BCUT2D eigenvalue weighted by molar-refractivity contribution is -0.119. The van der Waals surface area contributed by atoms with E-state index < -0.39 is 11.7 Å². The third-order valence-electron chi connectivity index (χ3n) is 4.68. The van der Waals surface area contributed by atoms with E-state index in [9.17, 15) is 9.18 Å². The highest BCUT2D eigenvalue weighted by Crippen LogP contribution is 2.38. The third-order valence-corrected chi connectivity index (χ3v) is 4.68. The molecule has 4 rings (SSSR count). The van der Waals surface area contributed by atoms with Crippen LogP contribution in [0, 0.1) is 6.92 Å². The summed E-state index contributed by atoms with van der Waals surface area (Å²) >= 11 is 0. The predicted molar refractivity (Wildman–Crippen MR) is 109 cm³/mol. The molecule has 2 heterocycles. The van der Waals surface area contributed by atoms with E-state index in [0.29, 0.717) is 12.0 Å². The Morgan fingerprint density at radius 3 is 2.86 bits per heavy atom. The zero-order chi connectivity index (χ0) is 20.2. The van der Waals surface area contributed by atoms with Gasteiger partial charge in [0.1, 0.15) is 11.9 Å². The van der Waals surface area contributed by atoms with Crippen LogP contribution in [0.25, 0.3) is 17.3 Å². The van der Waals surface area contributed by atoms with Crippen molar-refractivity contribution < 1.29 is 13.9 Å². The number of nitrogens with one attached hydrogen (secondary N) is 1. The maximum absolute atomic E-state index is 14.2. The highest BCUT2D eigenvalue weighted by atomic mass is 19.1. The molecule has 146 valence electrons. The molecule has 0 fully saturated rings. The molecule has 0 bridgehead atoms. The molecule has 0 aliphatic carbocycles. The zero-order valence-electron chi connectivity index (χ0n) is 15.9. The molecule has 2 aromatic carbocycles. The van der Waals surface area contributed by atoms with Crippen LogP contribution >= 0.6 is 0 Å². The molecule has 0 saturated carbocycles. The minimum atomic E-state index is -0.831. The van der Waals surface area contributed by atoms with E-state index in [4.69, 9.17) is 4.74 Å². The number of rotatable bonds is 5. The number of hydrogen-bond donors (Lipinski definition) is 1. The van der Waals surface area contributed by atoms with E-state index in [-0.39, 0.29) is 12.6 Å². The molecule has 1 aromatic heterocycles. The fraction of sp³-hybridized carbons (Fsp3) is 0.174. The lowest BCUT2D eigenvalue weighted by atomic mass is 10.0. The quantitative estimate of drug-likeness (QED) is 0.673. The number of ether oxygens (including phenoxy) is 1. The smallest absolute Gasteiger partial charge is 0.280 e. The van der Waals surface area contributed by atoms with Gasteiger partial charge in [0.05, 0.1) is 18.4 Å². The van der Waals surface area contributed by atoms with Crippen molar-refractivity contribution in [2.45, 2.75) is 19.4 Å². The number of amides is 1. The van der Waals surface area contributed by atoms with Crippen molar-refractivity contribution in [3.05, 3.63) is 83.6 Å². The monoisotopic (exact) mass is 389 g/mol. The predicted octanol–water partition coefficient (Wildman–Crippen LogP) is 3.88. The molecule has 0 radical (unpaired) electrons. The van der Waals surface area contributed by atoms with Gasteiger partial charge in [-0.3, -0.25) is 14.8 Å². The van der Waals surface area contributed by atoms with Crippen molar-refractivity contribution in [2.75, 3.05) is 6.54 Å². The molecule has 3 aromatic rings. The summed E-state index contributed by atoms with van der Waals surface area (Å²) in [5.74, 6) is -0.836. The van der Waals surface area contributed by atoms with E-state index in [1.165, 1.54) is 6.08 Å². The lowest BCUT2D eigenvalue weighted by Gasteiger charge is -2.13. The van der Waals surface area contributed by atoms with Crippen molar-refractivity contribution in [3.8, 4) is 17.0 Å². The Balaban J connectivity index is 1.44. The molecule has 29 heavy (non-hydrogen) atoms. The molecule has 1 atom stereocenters. The topological polar surface area (TPSA) is 64.1 Å². The number of hydrogen-bond acceptors (Lipinski definition) is 4. The summed E-state index contributed by atoms with van der Waals surface area (Å²) in [6.45, 7) is 2.22. The molecule has 0 spiro atoms. The number of carbonyl (C=O) groups excluding carboxylic acids is 1. The Morgan fingerprint density at radius 2 is 2.10 bits per heavy atom. The van der Waals surface area contributed by atoms with Crippen LogP contribution in [-0.2, 0) is 11.2 Å². The first kappa shape index (κ1) is 18.8. The lowest BCUT2D eigenvalue weighted by Crippen LogP contribution is -2.34. The van der Waals surface area contributed by atoms with Crippen molar-refractivity contribution in [1.82, 2.24) is 15.3 Å². The molecule has 0 saturated heterocycles. The summed E-state index contributed by atoms with van der Waals surface area (Å²) in [5.41, 5.74) is 4.37. The van der Waals surface area contributed by atoms with Crippen molar-refractivity contribution in [1.29, 1.82) is 0 Å². The molecule has 1 aliphatic rings. The number of halogens is 1. The number of carbonyl (C=O) groups is 1. The number of benzene rings is 2. The number of fused-ring (bicyclic) bond motifs is 1. The van der Waals surface area contributed by atoms with Gasteiger partial charge >= 0.3 is 0 Å². The van der Waals surface area contributed by atoms with E-state index in [1.807, 2.05) is 19.1 Å². The second-order valence-corrected chi connectivity index (χ2v) is 6.95. The Morgan fingerprint density at radius 1 is 1.28 bits per heavy atom. The van der Waals surface area contributed by atoms with Crippen LogP contribution in [0.4, 0.5) is 4.39 Å². The normalized spacial score (nSPS) is 15.5. The van der Waals surface area contributed by atoms with Gasteiger partial charge in [0, 0.05) is 24.4 Å². The van der Waals surface area contributed by atoms with E-state index >= 15 is 0 Å². The van der Waals surface area contributed by atoms with Gasteiger partial charge < -0.3 is 10.1 Å². The van der Waals surface area contributed by atoms with E-state index in [1.54, 1.807) is 42.9 Å². The minimum absolute atomic E-state index is 0.211. The van der Waals surface area contributed by atoms with Gasteiger partial charge in [-0.2, -0.15) is 0 Å². The van der Waals surface area contributed by atoms with E-state index in [0.717, 1.165) is 28.1 Å². The zero-order valence-corrected chi connectivity index (χ0v) is 15.9. The van der Waals surface area contributed by atoms with Crippen LogP contribution in [0.3, 0.4) is 0 Å². The highest BCUT2D eigenvalue weighted by molar-refractivity contribution is 5.95. The Hall–Kier alpha value is -3.54. The maximum Gasteiger partial charge on any atom is 0.280 e. The molecule has 5 nitrogen and oxygen atoms in total. The molecular formula is C23H20FN3O2. The first-order valence-electron chi connectivity index (χ1n) is 9.37. The van der Waals surface area contributed by atoms with Crippen LogP contribution < -0.4 is 10.1 Å². The molecule has 6 heteroatoms. The van der Waals surface area contributed by atoms with Gasteiger partial charge in [0.2, 0.25) is 0 Å². The van der Waals surface area contributed by atoms with Gasteiger partial charge in [0.15, 0.2) is 5.83 Å². The average molecular weight is 389 g/mol. The summed E-state index contributed by atoms with van der Waals surface area (Å²) in [6.07, 6.45) is 6.53. The first-order valence-corrected chi connectivity index (χ1v) is 9.37. The van der Waals surface area contributed by atoms with Gasteiger partial charge in [-0.15, -0.1) is 0 Å². The maximum atomic E-state index is 14.2. The van der Waals surface area contributed by atoms with Crippen LogP contribution in [-0.4, -0.2) is 28.5 Å². The average Bonchev–Trinajstić information content (AvgIpc) is 3.15. The Bertz CT molecular complexity index is 1050. The van der Waals surface area contributed by atoms with Crippen LogP contribution in [0.5, 0.6) is 5.75 Å². The van der Waals surface area contributed by atoms with Crippen LogP contribution in [0.2, 0.25) is 0 Å². The summed E-state index contributed by atoms with van der Waals surface area (Å²) < 4.78 is 20.2. The third kappa shape index (κ3) is 4.32. The fourth-order valence-corrected chi connectivity index (χ4v) is 3.39. The van der Waals surface area contributed by atoms with Gasteiger partial charge in [-0.05, 0) is 35.8 Å². The fourth-order valence-electron chi connectivity index (χ4n) is 3.39. The number of nitrogens with zero attached hydrogens (tertiary/aromatic N) is 2. The van der Waals surface area contributed by atoms with Crippen molar-refractivity contribution in [3.63, 3.8) is 0 Å². The molecule has 1 aliphatic heterocycles. The molecule has 1 N–H and O–H groups in total. The molecule has 0 unspecified atom stereocenters. The summed E-state index contributed by atoms with van der Waals surface area (Å²) in [5, 5.41) is 2.62. The summed E-state index contributed by atoms with van der Waals surface area (Å²) in [6, 6.07) is 13.0. The largest absolute Gasteiger partial charge is 0.487 e.